The maximum Gasteiger partial charge on any atom is 0.229 e. The fraction of sp³-hybridized carbons (Fsp3) is 0.444. The number of piperidine rings is 1. The fourth-order valence-corrected chi connectivity index (χ4v) is 6.26. The molecule has 0 radical (unpaired) electrons. The summed E-state index contributed by atoms with van der Waals surface area (Å²) in [5.41, 5.74) is 1.35. The summed E-state index contributed by atoms with van der Waals surface area (Å²) in [6.45, 7) is 6.10. The number of amides is 1. The van der Waals surface area contributed by atoms with E-state index < -0.39 is 15.4 Å². The Morgan fingerprint density at radius 1 is 1.14 bits per heavy atom. The molecule has 1 heterocycles. The first-order valence-corrected chi connectivity index (χ1v) is 14.6. The molecule has 2 aromatic rings. The highest BCUT2D eigenvalue weighted by Gasteiger charge is 2.53. The minimum absolute atomic E-state index is 0.0304. The predicted molar refractivity (Wildman–Crippen MR) is 142 cm³/mol. The van der Waals surface area contributed by atoms with Gasteiger partial charge in [0.25, 0.3) is 0 Å². The molecule has 1 saturated carbocycles. The third kappa shape index (κ3) is 5.93. The Kier molecular flexibility index (Phi) is 7.68. The van der Waals surface area contributed by atoms with Crippen LogP contribution in [0.5, 0.6) is 0 Å². The lowest BCUT2D eigenvalue weighted by molar-refractivity contribution is -0.155. The Hall–Kier alpha value is -1.86. The number of carbonyl (C=O) groups is 1. The Morgan fingerprint density at radius 2 is 1.83 bits per heavy atom. The third-order valence-corrected chi connectivity index (χ3v) is 8.44. The number of rotatable bonds is 9. The molecular weight excluding hydrogens is 503 g/mol. The maximum atomic E-state index is 14.3. The molecule has 0 aromatic heterocycles. The van der Waals surface area contributed by atoms with E-state index in [1.807, 2.05) is 54.3 Å². The molecule has 35 heavy (non-hydrogen) atoms. The second-order valence-electron chi connectivity index (χ2n) is 10.2. The van der Waals surface area contributed by atoms with Crippen LogP contribution < -0.4 is 4.72 Å². The number of benzene rings is 2. The molecule has 1 aliphatic carbocycles. The van der Waals surface area contributed by atoms with Crippen LogP contribution >= 0.6 is 23.2 Å². The third-order valence-electron chi connectivity index (χ3n) is 7.26. The molecule has 1 saturated heterocycles. The molecule has 8 heteroatoms. The van der Waals surface area contributed by atoms with Crippen molar-refractivity contribution in [2.45, 2.75) is 50.6 Å². The number of allylic oxidation sites excluding steroid dienone is 1. The highest BCUT2D eigenvalue weighted by Crippen LogP contribution is 2.54. The van der Waals surface area contributed by atoms with E-state index in [0.29, 0.717) is 22.9 Å². The molecule has 188 valence electrons. The molecule has 1 N–H and O–H groups in total. The first-order valence-electron chi connectivity index (χ1n) is 11.9. The van der Waals surface area contributed by atoms with Crippen LogP contribution in [0.2, 0.25) is 10.0 Å². The lowest BCUT2D eigenvalue weighted by Crippen LogP contribution is -2.58. The van der Waals surface area contributed by atoms with Crippen molar-refractivity contribution < 1.29 is 13.2 Å². The molecule has 2 aromatic carbocycles. The van der Waals surface area contributed by atoms with Crippen LogP contribution in [-0.2, 0) is 14.8 Å². The van der Waals surface area contributed by atoms with Crippen molar-refractivity contribution in [3.8, 4) is 0 Å². The number of hydrogen-bond donors (Lipinski definition) is 1. The topological polar surface area (TPSA) is 66.5 Å². The maximum absolute atomic E-state index is 14.3. The van der Waals surface area contributed by atoms with E-state index >= 15 is 0 Å². The van der Waals surface area contributed by atoms with Crippen LogP contribution in [0.1, 0.15) is 55.7 Å². The first kappa shape index (κ1) is 26.2. The molecule has 2 aliphatic rings. The van der Waals surface area contributed by atoms with Crippen LogP contribution in [0.3, 0.4) is 0 Å². The van der Waals surface area contributed by atoms with Crippen molar-refractivity contribution in [3.63, 3.8) is 0 Å². The number of nitrogens with one attached hydrogen (secondary N) is 1. The molecule has 4 atom stereocenters. The number of carbonyl (C=O) groups excluding carboxylic acids is 1. The highest BCUT2D eigenvalue weighted by molar-refractivity contribution is 7.88. The monoisotopic (exact) mass is 534 g/mol. The minimum Gasteiger partial charge on any atom is -0.330 e. The van der Waals surface area contributed by atoms with Gasteiger partial charge in [-0.15, -0.1) is 6.58 Å². The summed E-state index contributed by atoms with van der Waals surface area (Å²) >= 11 is 12.6. The van der Waals surface area contributed by atoms with Gasteiger partial charge in [-0.25, -0.2) is 13.1 Å². The number of hydrogen-bond acceptors (Lipinski definition) is 3. The van der Waals surface area contributed by atoms with Crippen molar-refractivity contribution in [3.05, 3.63) is 82.4 Å². The zero-order chi connectivity index (χ0) is 25.4. The van der Waals surface area contributed by atoms with Gasteiger partial charge in [0.1, 0.15) is 0 Å². The van der Waals surface area contributed by atoms with Crippen molar-refractivity contribution >= 4 is 39.1 Å². The van der Waals surface area contributed by atoms with E-state index in [1.165, 1.54) is 0 Å². The van der Waals surface area contributed by atoms with Gasteiger partial charge in [-0.1, -0.05) is 60.5 Å². The molecule has 0 bridgehead atoms. The smallest absolute Gasteiger partial charge is 0.229 e. The largest absolute Gasteiger partial charge is 0.330 e. The summed E-state index contributed by atoms with van der Waals surface area (Å²) in [5.74, 6) is 0.230. The van der Waals surface area contributed by atoms with Gasteiger partial charge < -0.3 is 4.90 Å². The van der Waals surface area contributed by atoms with Gasteiger partial charge in [-0.3, -0.25) is 4.79 Å². The van der Waals surface area contributed by atoms with Crippen molar-refractivity contribution in [1.29, 1.82) is 0 Å². The summed E-state index contributed by atoms with van der Waals surface area (Å²) in [6, 6.07) is 14.9. The average molecular weight is 536 g/mol. The number of nitrogens with zero attached hydrogens (tertiary/aromatic N) is 1. The zero-order valence-electron chi connectivity index (χ0n) is 20.1. The summed E-state index contributed by atoms with van der Waals surface area (Å²) in [7, 11) is -3.42. The lowest BCUT2D eigenvalue weighted by atomic mass is 9.67. The quantitative estimate of drug-likeness (QED) is 0.403. The highest BCUT2D eigenvalue weighted by atomic mass is 35.5. The van der Waals surface area contributed by atoms with Gasteiger partial charge in [0.2, 0.25) is 15.9 Å². The van der Waals surface area contributed by atoms with Gasteiger partial charge in [0.15, 0.2) is 0 Å². The molecule has 1 unspecified atom stereocenters. The molecule has 5 nitrogen and oxygen atoms in total. The predicted octanol–water partition coefficient (Wildman–Crippen LogP) is 5.96. The summed E-state index contributed by atoms with van der Waals surface area (Å²) in [5, 5.41) is 1.26. The lowest BCUT2D eigenvalue weighted by Gasteiger charge is -2.52. The van der Waals surface area contributed by atoms with Crippen molar-refractivity contribution in [2.75, 3.05) is 12.8 Å². The van der Waals surface area contributed by atoms with E-state index in [9.17, 15) is 13.2 Å². The molecular formula is C27H32Cl2N2O3S. The Balaban J connectivity index is 1.88. The number of likely N-dealkylation sites (tertiary alicyclic amines) is 1. The summed E-state index contributed by atoms with van der Waals surface area (Å²) < 4.78 is 26.7. The van der Waals surface area contributed by atoms with E-state index in [1.54, 1.807) is 6.08 Å². The molecule has 1 aliphatic heterocycles. The normalized spacial score (nSPS) is 25.9. The van der Waals surface area contributed by atoms with Crippen molar-refractivity contribution in [2.24, 2.45) is 11.3 Å². The van der Waals surface area contributed by atoms with Crippen LogP contribution in [0.15, 0.2) is 61.2 Å². The van der Waals surface area contributed by atoms with Crippen LogP contribution in [0, 0.1) is 11.3 Å². The second-order valence-corrected chi connectivity index (χ2v) is 12.9. The van der Waals surface area contributed by atoms with Crippen LogP contribution in [0.4, 0.5) is 0 Å². The summed E-state index contributed by atoms with van der Waals surface area (Å²) in [6.07, 6.45) is 6.04. The van der Waals surface area contributed by atoms with E-state index in [-0.39, 0.29) is 36.4 Å². The SMILES string of the molecule is C=CC[C@@]1(C)C[C@H](c2cccc(Cl)c2)[C@@H](c2ccc(Cl)cc2)N(C(CNS(C)(=O)=O)C2CC2)C1=O. The van der Waals surface area contributed by atoms with E-state index in [4.69, 9.17) is 23.2 Å². The van der Waals surface area contributed by atoms with Gasteiger partial charge >= 0.3 is 0 Å². The first-order chi connectivity index (χ1) is 16.5. The zero-order valence-corrected chi connectivity index (χ0v) is 22.4. The van der Waals surface area contributed by atoms with Gasteiger partial charge in [0.05, 0.1) is 17.7 Å². The van der Waals surface area contributed by atoms with Crippen LogP contribution in [-0.4, -0.2) is 38.1 Å². The minimum atomic E-state index is -3.42. The Morgan fingerprint density at radius 3 is 2.40 bits per heavy atom. The Bertz CT molecular complexity index is 1200. The number of halogens is 2. The second kappa shape index (κ2) is 10.3. The van der Waals surface area contributed by atoms with Gasteiger partial charge in [0, 0.05) is 28.5 Å². The van der Waals surface area contributed by atoms with Gasteiger partial charge in [-0.05, 0) is 67.0 Å². The standard InChI is InChI=1S/C27H32Cl2N2O3S/c1-4-14-27(2)16-23(20-6-5-7-22(29)15-20)25(19-10-12-21(28)13-11-19)31(26(27)32)24(18-8-9-18)17-30-35(3,33)34/h4-7,10-13,15,18,23-25,30H,1,8-9,14,16-17H2,2-3H3/t23-,24?,25-,27+/m1/s1. The van der Waals surface area contributed by atoms with E-state index in [2.05, 4.69) is 17.4 Å². The summed E-state index contributed by atoms with van der Waals surface area (Å²) in [4.78, 5) is 16.2. The molecule has 4 rings (SSSR count). The molecule has 0 spiro atoms. The number of sulfonamides is 1. The molecule has 2 fully saturated rings. The fourth-order valence-electron chi connectivity index (χ4n) is 5.46. The van der Waals surface area contributed by atoms with Crippen molar-refractivity contribution in [1.82, 2.24) is 9.62 Å². The van der Waals surface area contributed by atoms with Crippen LogP contribution in [0.25, 0.3) is 0 Å². The Labute approximate surface area is 218 Å². The van der Waals surface area contributed by atoms with E-state index in [0.717, 1.165) is 30.2 Å². The average Bonchev–Trinajstić information content (AvgIpc) is 3.62. The van der Waals surface area contributed by atoms with Gasteiger partial charge in [-0.2, -0.15) is 0 Å². The molecule has 1 amide bonds.